The highest BCUT2D eigenvalue weighted by atomic mass is 35.5. The molecule has 0 aromatic heterocycles. The summed E-state index contributed by atoms with van der Waals surface area (Å²) < 4.78 is 0. The SMILES string of the molecule is ClCCC1C=C1. The Morgan fingerprint density at radius 3 is 2.33 bits per heavy atom. The van der Waals surface area contributed by atoms with E-state index in [9.17, 15) is 0 Å². The molecule has 0 heterocycles. The van der Waals surface area contributed by atoms with Crippen LogP contribution in [-0.4, -0.2) is 5.88 Å². The maximum Gasteiger partial charge on any atom is 0.0232 e. The first kappa shape index (κ1) is 4.20. The average molecular weight is 103 g/mol. The summed E-state index contributed by atoms with van der Waals surface area (Å²) in [5.74, 6) is 1.57. The summed E-state index contributed by atoms with van der Waals surface area (Å²) in [5, 5.41) is 0. The molecule has 0 saturated heterocycles. The lowest BCUT2D eigenvalue weighted by Crippen LogP contribution is -1.75. The van der Waals surface area contributed by atoms with Gasteiger partial charge < -0.3 is 0 Å². The predicted octanol–water partition coefficient (Wildman–Crippen LogP) is 1.80. The molecule has 0 N–H and O–H groups in total. The molecule has 0 saturated carbocycles. The molecule has 0 aliphatic heterocycles. The van der Waals surface area contributed by atoms with Crippen LogP contribution in [0, 0.1) is 5.92 Å². The first-order chi connectivity index (χ1) is 2.93. The van der Waals surface area contributed by atoms with Gasteiger partial charge >= 0.3 is 0 Å². The highest BCUT2D eigenvalue weighted by Gasteiger charge is 2.07. The van der Waals surface area contributed by atoms with Crippen LogP contribution >= 0.6 is 11.6 Å². The van der Waals surface area contributed by atoms with Gasteiger partial charge in [0.2, 0.25) is 0 Å². The second-order valence-electron chi connectivity index (χ2n) is 1.53. The van der Waals surface area contributed by atoms with Crippen molar-refractivity contribution in [3.05, 3.63) is 12.2 Å². The molecule has 0 fully saturated rings. The van der Waals surface area contributed by atoms with Crippen LogP contribution in [0.25, 0.3) is 0 Å². The van der Waals surface area contributed by atoms with E-state index < -0.39 is 0 Å². The highest BCUT2D eigenvalue weighted by Crippen LogP contribution is 2.19. The third-order valence-corrected chi connectivity index (χ3v) is 1.13. The zero-order valence-corrected chi connectivity index (χ0v) is 4.28. The fourth-order valence-electron chi connectivity index (χ4n) is 0.397. The van der Waals surface area contributed by atoms with E-state index >= 15 is 0 Å². The van der Waals surface area contributed by atoms with Gasteiger partial charge in [0.25, 0.3) is 0 Å². The standard InChI is InChI=1S/C5H7Cl/c6-4-3-5-1-2-5/h1-2,5H,3-4H2. The van der Waals surface area contributed by atoms with Gasteiger partial charge in [-0.25, -0.2) is 0 Å². The van der Waals surface area contributed by atoms with Gasteiger partial charge in [0.1, 0.15) is 0 Å². The number of hydrogen-bond acceptors (Lipinski definition) is 0. The molecule has 1 heteroatoms. The lowest BCUT2D eigenvalue weighted by Gasteiger charge is -1.82. The lowest BCUT2D eigenvalue weighted by atomic mass is 10.3. The van der Waals surface area contributed by atoms with Crippen molar-refractivity contribution in [2.45, 2.75) is 6.42 Å². The van der Waals surface area contributed by atoms with E-state index in [1.807, 2.05) is 0 Å². The molecule has 1 rings (SSSR count). The quantitative estimate of drug-likeness (QED) is 0.369. The van der Waals surface area contributed by atoms with E-state index in [4.69, 9.17) is 11.6 Å². The van der Waals surface area contributed by atoms with Crippen LogP contribution in [0.1, 0.15) is 6.42 Å². The zero-order chi connectivity index (χ0) is 4.41. The minimum Gasteiger partial charge on any atom is -0.127 e. The van der Waals surface area contributed by atoms with Crippen molar-refractivity contribution in [1.82, 2.24) is 0 Å². The number of hydrogen-bond donors (Lipinski definition) is 0. The summed E-state index contributed by atoms with van der Waals surface area (Å²) in [6.07, 6.45) is 5.48. The van der Waals surface area contributed by atoms with Gasteiger partial charge in [0.15, 0.2) is 0 Å². The Kier molecular flexibility index (Phi) is 1.16. The van der Waals surface area contributed by atoms with Gasteiger partial charge in [-0.1, -0.05) is 12.2 Å². The molecule has 0 atom stereocenters. The van der Waals surface area contributed by atoms with Gasteiger partial charge in [0, 0.05) is 5.88 Å². The van der Waals surface area contributed by atoms with Crippen molar-refractivity contribution < 1.29 is 0 Å². The van der Waals surface area contributed by atoms with Crippen molar-refractivity contribution in [2.75, 3.05) is 5.88 Å². The topological polar surface area (TPSA) is 0 Å². The Balaban J connectivity index is 1.90. The van der Waals surface area contributed by atoms with Crippen LogP contribution in [0.15, 0.2) is 12.2 Å². The van der Waals surface area contributed by atoms with Crippen LogP contribution in [0.4, 0.5) is 0 Å². The second kappa shape index (κ2) is 1.65. The molecule has 0 aromatic rings. The largest absolute Gasteiger partial charge is 0.127 e. The van der Waals surface area contributed by atoms with Crippen LogP contribution in [0.5, 0.6) is 0 Å². The monoisotopic (exact) mass is 102 g/mol. The van der Waals surface area contributed by atoms with Gasteiger partial charge in [-0.2, -0.15) is 0 Å². The van der Waals surface area contributed by atoms with E-state index in [0.717, 1.165) is 18.2 Å². The Labute approximate surface area is 42.8 Å². The molecule has 0 bridgehead atoms. The molecule has 0 amide bonds. The molecule has 0 unspecified atom stereocenters. The highest BCUT2D eigenvalue weighted by molar-refractivity contribution is 6.17. The fraction of sp³-hybridized carbons (Fsp3) is 0.600. The smallest absolute Gasteiger partial charge is 0.0232 e. The molecular weight excluding hydrogens is 95.5 g/mol. The summed E-state index contributed by atoms with van der Waals surface area (Å²) >= 11 is 5.40. The maximum absolute atomic E-state index is 5.40. The molecule has 0 spiro atoms. The van der Waals surface area contributed by atoms with Gasteiger partial charge in [-0.3, -0.25) is 0 Å². The Hall–Kier alpha value is 0.0300. The predicted molar refractivity (Wildman–Crippen MR) is 28.0 cm³/mol. The lowest BCUT2D eigenvalue weighted by molar-refractivity contribution is 0.872. The van der Waals surface area contributed by atoms with Gasteiger partial charge in [0.05, 0.1) is 0 Å². The Morgan fingerprint density at radius 2 is 2.17 bits per heavy atom. The first-order valence-corrected chi connectivity index (χ1v) is 2.71. The van der Waals surface area contributed by atoms with Gasteiger partial charge in [-0.15, -0.1) is 11.6 Å². The molecule has 0 aromatic carbocycles. The molecule has 1 aliphatic carbocycles. The maximum atomic E-state index is 5.40. The zero-order valence-electron chi connectivity index (χ0n) is 3.52. The van der Waals surface area contributed by atoms with Crippen molar-refractivity contribution >= 4 is 11.6 Å². The van der Waals surface area contributed by atoms with E-state index in [1.54, 1.807) is 0 Å². The minimum absolute atomic E-state index is 0.766. The van der Waals surface area contributed by atoms with Crippen LogP contribution in [0.3, 0.4) is 0 Å². The van der Waals surface area contributed by atoms with E-state index in [-0.39, 0.29) is 0 Å². The average Bonchev–Trinajstić information content (AvgIpc) is 2.21. The Morgan fingerprint density at radius 1 is 1.50 bits per heavy atom. The summed E-state index contributed by atoms with van der Waals surface area (Å²) in [7, 11) is 0. The van der Waals surface area contributed by atoms with Crippen molar-refractivity contribution in [1.29, 1.82) is 0 Å². The van der Waals surface area contributed by atoms with Crippen LogP contribution in [0.2, 0.25) is 0 Å². The van der Waals surface area contributed by atoms with Crippen molar-refractivity contribution in [3.8, 4) is 0 Å². The normalized spacial score (nSPS) is 18.8. The van der Waals surface area contributed by atoms with E-state index in [2.05, 4.69) is 12.2 Å². The molecule has 0 nitrogen and oxygen atoms in total. The molecular formula is C5H7Cl. The van der Waals surface area contributed by atoms with E-state index in [1.165, 1.54) is 0 Å². The molecule has 0 radical (unpaired) electrons. The number of rotatable bonds is 2. The molecule has 6 heavy (non-hydrogen) atoms. The van der Waals surface area contributed by atoms with E-state index in [0.29, 0.717) is 0 Å². The second-order valence-corrected chi connectivity index (χ2v) is 1.90. The van der Waals surface area contributed by atoms with Gasteiger partial charge in [-0.05, 0) is 12.3 Å². The van der Waals surface area contributed by atoms with Crippen LogP contribution < -0.4 is 0 Å². The van der Waals surface area contributed by atoms with Crippen molar-refractivity contribution in [3.63, 3.8) is 0 Å². The third-order valence-electron chi connectivity index (χ3n) is 0.907. The summed E-state index contributed by atoms with van der Waals surface area (Å²) in [6.45, 7) is 0. The Bertz CT molecular complexity index is 60.3. The molecule has 1 aliphatic rings. The van der Waals surface area contributed by atoms with Crippen LogP contribution in [-0.2, 0) is 0 Å². The molecule has 34 valence electrons. The number of halogens is 1. The summed E-state index contributed by atoms with van der Waals surface area (Å²) in [6, 6.07) is 0. The van der Waals surface area contributed by atoms with Crippen molar-refractivity contribution in [2.24, 2.45) is 5.92 Å². The summed E-state index contributed by atoms with van der Waals surface area (Å²) in [4.78, 5) is 0. The number of alkyl halides is 1. The first-order valence-electron chi connectivity index (χ1n) is 2.18. The fourth-order valence-corrected chi connectivity index (χ4v) is 0.649. The third kappa shape index (κ3) is 1.02. The number of allylic oxidation sites excluding steroid dienone is 2. The summed E-state index contributed by atoms with van der Waals surface area (Å²) in [5.41, 5.74) is 0. The minimum atomic E-state index is 0.766.